The fourth-order valence-corrected chi connectivity index (χ4v) is 1.97. The second kappa shape index (κ2) is 8.07. The maximum absolute atomic E-state index is 11.8. The topological polar surface area (TPSA) is 75.4 Å². The van der Waals surface area contributed by atoms with Gasteiger partial charge in [-0.05, 0) is 18.4 Å². The zero-order valence-corrected chi connectivity index (χ0v) is 12.0. The van der Waals surface area contributed by atoms with Crippen LogP contribution in [0.5, 0.6) is 0 Å². The van der Waals surface area contributed by atoms with Gasteiger partial charge in [-0.15, -0.1) is 23.7 Å². The van der Waals surface area contributed by atoms with E-state index in [-0.39, 0.29) is 36.8 Å². The van der Waals surface area contributed by atoms with Crippen molar-refractivity contribution >= 4 is 35.6 Å². The molecular formula is C11H18ClN3O2S. The summed E-state index contributed by atoms with van der Waals surface area (Å²) in [4.78, 5) is 25.4. The van der Waals surface area contributed by atoms with Gasteiger partial charge in [-0.1, -0.05) is 6.07 Å². The number of hydrogen-bond acceptors (Lipinski definition) is 4. The van der Waals surface area contributed by atoms with Crippen LogP contribution in [0.1, 0.15) is 16.6 Å². The number of nitrogens with one attached hydrogen (secondary N) is 1. The Kier molecular flexibility index (Phi) is 7.58. The lowest BCUT2D eigenvalue weighted by Crippen LogP contribution is -2.44. The van der Waals surface area contributed by atoms with E-state index in [4.69, 9.17) is 5.73 Å². The van der Waals surface area contributed by atoms with Crippen molar-refractivity contribution < 1.29 is 9.59 Å². The van der Waals surface area contributed by atoms with E-state index < -0.39 is 0 Å². The number of carbonyl (C=O) groups excluding carboxylic acids is 2. The van der Waals surface area contributed by atoms with Gasteiger partial charge < -0.3 is 16.0 Å². The molecule has 0 fully saturated rings. The Labute approximate surface area is 117 Å². The lowest BCUT2D eigenvalue weighted by Gasteiger charge is -2.17. The summed E-state index contributed by atoms with van der Waals surface area (Å²) >= 11 is 1.36. The third kappa shape index (κ3) is 5.03. The first-order chi connectivity index (χ1) is 8.04. The van der Waals surface area contributed by atoms with Gasteiger partial charge in [0.1, 0.15) is 0 Å². The molecule has 3 N–H and O–H groups in total. The largest absolute Gasteiger partial charge is 0.351 e. The molecule has 0 aliphatic rings. The van der Waals surface area contributed by atoms with Crippen molar-refractivity contribution in [2.75, 3.05) is 20.1 Å². The van der Waals surface area contributed by atoms with E-state index in [1.807, 2.05) is 18.4 Å². The summed E-state index contributed by atoms with van der Waals surface area (Å²) in [6, 6.07) is 3.47. The minimum atomic E-state index is -0.199. The van der Waals surface area contributed by atoms with Gasteiger partial charge in [-0.3, -0.25) is 9.59 Å². The van der Waals surface area contributed by atoms with E-state index in [0.29, 0.717) is 11.4 Å². The molecule has 0 spiro atoms. The highest BCUT2D eigenvalue weighted by Crippen LogP contribution is 2.10. The van der Waals surface area contributed by atoms with Crippen LogP contribution in [-0.4, -0.2) is 42.9 Å². The molecule has 1 rings (SSSR count). The van der Waals surface area contributed by atoms with Gasteiger partial charge >= 0.3 is 0 Å². The number of thiophene rings is 1. The van der Waals surface area contributed by atoms with Crippen LogP contribution in [0.25, 0.3) is 0 Å². The van der Waals surface area contributed by atoms with E-state index >= 15 is 0 Å². The van der Waals surface area contributed by atoms with E-state index in [1.54, 1.807) is 13.1 Å². The first-order valence-electron chi connectivity index (χ1n) is 5.33. The van der Waals surface area contributed by atoms with Crippen molar-refractivity contribution in [3.63, 3.8) is 0 Å². The second-order valence-electron chi connectivity index (χ2n) is 3.84. The highest BCUT2D eigenvalue weighted by Gasteiger charge is 2.16. The van der Waals surface area contributed by atoms with Crippen molar-refractivity contribution in [1.29, 1.82) is 0 Å². The second-order valence-corrected chi connectivity index (χ2v) is 4.79. The number of likely N-dealkylation sites (N-methyl/N-ethyl adjacent to an activating group) is 1. The zero-order valence-electron chi connectivity index (χ0n) is 10.4. The maximum atomic E-state index is 11.8. The molecule has 0 radical (unpaired) electrons. The molecular weight excluding hydrogens is 274 g/mol. The average Bonchev–Trinajstić information content (AvgIpc) is 2.80. The van der Waals surface area contributed by atoms with Crippen LogP contribution < -0.4 is 11.1 Å². The molecule has 0 aromatic carbocycles. The molecule has 1 aromatic heterocycles. The molecule has 5 nitrogen and oxygen atoms in total. The van der Waals surface area contributed by atoms with Gasteiger partial charge in [0.25, 0.3) is 5.91 Å². The summed E-state index contributed by atoms with van der Waals surface area (Å²) in [7, 11) is 1.61. The van der Waals surface area contributed by atoms with Crippen molar-refractivity contribution in [3.8, 4) is 0 Å². The van der Waals surface area contributed by atoms with Crippen LogP contribution in [0.4, 0.5) is 0 Å². The quantitative estimate of drug-likeness (QED) is 0.839. The number of nitrogens with zero attached hydrogens (tertiary/aromatic N) is 1. The Hall–Kier alpha value is -1.11. The number of carbonyl (C=O) groups is 2. The van der Waals surface area contributed by atoms with Crippen LogP contribution in [0.15, 0.2) is 17.5 Å². The highest BCUT2D eigenvalue weighted by atomic mass is 35.5. The van der Waals surface area contributed by atoms with Gasteiger partial charge in [-0.2, -0.15) is 0 Å². The molecule has 2 amide bonds. The molecule has 0 saturated heterocycles. The van der Waals surface area contributed by atoms with Gasteiger partial charge in [0.2, 0.25) is 5.91 Å². The molecule has 102 valence electrons. The van der Waals surface area contributed by atoms with Crippen LogP contribution in [-0.2, 0) is 4.79 Å². The lowest BCUT2D eigenvalue weighted by atomic mass is 10.3. The minimum absolute atomic E-state index is 0. The van der Waals surface area contributed by atoms with Gasteiger partial charge in [0.05, 0.1) is 11.4 Å². The number of nitrogens with two attached hydrogens (primary N) is 1. The molecule has 1 aromatic rings. The Morgan fingerprint density at radius 3 is 2.72 bits per heavy atom. The number of amides is 2. The van der Waals surface area contributed by atoms with Crippen LogP contribution in [0.3, 0.4) is 0 Å². The Bertz CT molecular complexity index is 384. The molecule has 1 heterocycles. The normalized spacial score (nSPS) is 11.3. The van der Waals surface area contributed by atoms with Crippen molar-refractivity contribution in [1.82, 2.24) is 10.2 Å². The zero-order chi connectivity index (χ0) is 12.8. The minimum Gasteiger partial charge on any atom is -0.351 e. The summed E-state index contributed by atoms with van der Waals surface area (Å²) in [6.07, 6.45) is 0. The standard InChI is InChI=1S/C11H17N3O2S.ClH/c1-8(6-12)13-10(15)7-14(2)11(16)9-4-3-5-17-9;/h3-5,8H,6-7,12H2,1-2H3,(H,13,15);1H/t8-;/m0./s1. The molecule has 0 saturated carbocycles. The monoisotopic (exact) mass is 291 g/mol. The Balaban J connectivity index is 0.00000289. The Morgan fingerprint density at radius 1 is 1.56 bits per heavy atom. The van der Waals surface area contributed by atoms with Crippen LogP contribution in [0, 0.1) is 0 Å². The van der Waals surface area contributed by atoms with Crippen molar-refractivity contribution in [3.05, 3.63) is 22.4 Å². The molecule has 7 heteroatoms. The smallest absolute Gasteiger partial charge is 0.264 e. The van der Waals surface area contributed by atoms with E-state index in [0.717, 1.165) is 0 Å². The summed E-state index contributed by atoms with van der Waals surface area (Å²) < 4.78 is 0. The number of halogens is 1. The number of rotatable bonds is 5. The maximum Gasteiger partial charge on any atom is 0.264 e. The van der Waals surface area contributed by atoms with Crippen LogP contribution in [0.2, 0.25) is 0 Å². The van der Waals surface area contributed by atoms with Crippen molar-refractivity contribution in [2.24, 2.45) is 5.73 Å². The fourth-order valence-electron chi connectivity index (χ4n) is 1.25. The molecule has 0 unspecified atom stereocenters. The fraction of sp³-hybridized carbons (Fsp3) is 0.455. The SMILES string of the molecule is C[C@@H](CN)NC(=O)CN(C)C(=O)c1cccs1.Cl. The predicted molar refractivity (Wildman–Crippen MR) is 75.2 cm³/mol. The van der Waals surface area contributed by atoms with Gasteiger partial charge in [0, 0.05) is 19.6 Å². The first kappa shape index (κ1) is 16.9. The third-order valence-corrected chi connectivity index (χ3v) is 3.08. The van der Waals surface area contributed by atoms with Crippen LogP contribution >= 0.6 is 23.7 Å². The van der Waals surface area contributed by atoms with E-state index in [2.05, 4.69) is 5.32 Å². The average molecular weight is 292 g/mol. The van der Waals surface area contributed by atoms with E-state index in [1.165, 1.54) is 16.2 Å². The highest BCUT2D eigenvalue weighted by molar-refractivity contribution is 7.12. The molecule has 0 bridgehead atoms. The summed E-state index contributed by atoms with van der Waals surface area (Å²) in [5.74, 6) is -0.342. The predicted octanol–water partition coefficient (Wildman–Crippen LogP) is 0.705. The lowest BCUT2D eigenvalue weighted by molar-refractivity contribution is -0.122. The number of hydrogen-bond donors (Lipinski definition) is 2. The molecule has 0 aliphatic heterocycles. The summed E-state index contributed by atoms with van der Waals surface area (Å²) in [5.41, 5.74) is 5.39. The first-order valence-corrected chi connectivity index (χ1v) is 6.21. The van der Waals surface area contributed by atoms with Gasteiger partial charge in [-0.25, -0.2) is 0 Å². The molecule has 18 heavy (non-hydrogen) atoms. The Morgan fingerprint density at radius 2 is 2.22 bits per heavy atom. The van der Waals surface area contributed by atoms with Gasteiger partial charge in [0.15, 0.2) is 0 Å². The third-order valence-electron chi connectivity index (χ3n) is 2.22. The molecule has 1 atom stereocenters. The summed E-state index contributed by atoms with van der Waals surface area (Å²) in [5, 5.41) is 4.54. The molecule has 0 aliphatic carbocycles. The van der Waals surface area contributed by atoms with E-state index in [9.17, 15) is 9.59 Å². The summed E-state index contributed by atoms with van der Waals surface area (Å²) in [6.45, 7) is 2.24. The van der Waals surface area contributed by atoms with Crippen molar-refractivity contribution in [2.45, 2.75) is 13.0 Å².